The van der Waals surface area contributed by atoms with Crippen LogP contribution in [0.2, 0.25) is 0 Å². The van der Waals surface area contributed by atoms with Gasteiger partial charge in [0.1, 0.15) is 5.75 Å². The Labute approximate surface area is 94.2 Å². The van der Waals surface area contributed by atoms with Gasteiger partial charge in [-0.25, -0.2) is 5.48 Å². The summed E-state index contributed by atoms with van der Waals surface area (Å²) in [5.41, 5.74) is 2.62. The molecule has 0 bridgehead atoms. The summed E-state index contributed by atoms with van der Waals surface area (Å²) in [5.74, 6) is -0.431. The maximum absolute atomic E-state index is 11.6. The van der Waals surface area contributed by atoms with Gasteiger partial charge < -0.3 is 5.11 Å². The highest BCUT2D eigenvalue weighted by Gasteiger charge is 2.18. The van der Waals surface area contributed by atoms with Crippen LogP contribution in [0.5, 0.6) is 5.75 Å². The van der Waals surface area contributed by atoms with Crippen molar-refractivity contribution in [3.63, 3.8) is 0 Å². The van der Waals surface area contributed by atoms with Crippen LogP contribution in [0.1, 0.15) is 36.0 Å². The first-order valence-corrected chi connectivity index (χ1v) is 5.51. The van der Waals surface area contributed by atoms with Crippen molar-refractivity contribution in [2.24, 2.45) is 0 Å². The molecule has 4 nitrogen and oxygen atoms in total. The van der Waals surface area contributed by atoms with E-state index in [0.29, 0.717) is 0 Å². The normalized spacial score (nSPS) is 16.2. The largest absolute Gasteiger partial charge is 0.507 e. The molecule has 0 atom stereocenters. The molecule has 2 N–H and O–H groups in total. The summed E-state index contributed by atoms with van der Waals surface area (Å²) < 4.78 is 0. The summed E-state index contributed by atoms with van der Waals surface area (Å²) in [6, 6.07) is 6.40. The van der Waals surface area contributed by atoms with E-state index >= 15 is 0 Å². The van der Waals surface area contributed by atoms with Gasteiger partial charge in [0.25, 0.3) is 5.91 Å². The number of amides is 1. The number of para-hydroxylation sites is 1. The van der Waals surface area contributed by atoms with Gasteiger partial charge in [0.2, 0.25) is 0 Å². The number of hydrogen-bond acceptors (Lipinski definition) is 3. The molecule has 1 aromatic carbocycles. The number of rotatable bonds is 3. The molecule has 0 aromatic heterocycles. The molecule has 1 aliphatic rings. The zero-order valence-electron chi connectivity index (χ0n) is 8.98. The highest BCUT2D eigenvalue weighted by molar-refractivity contribution is 5.96. The summed E-state index contributed by atoms with van der Waals surface area (Å²) in [6.07, 6.45) is 4.39. The minimum Gasteiger partial charge on any atom is -0.507 e. The lowest BCUT2D eigenvalue weighted by atomic mass is 10.2. The van der Waals surface area contributed by atoms with Gasteiger partial charge in [-0.15, -0.1) is 0 Å². The molecular formula is C12H15NO3. The van der Waals surface area contributed by atoms with Gasteiger partial charge in [-0.3, -0.25) is 9.63 Å². The monoisotopic (exact) mass is 221 g/mol. The highest BCUT2D eigenvalue weighted by atomic mass is 16.7. The summed E-state index contributed by atoms with van der Waals surface area (Å²) in [5, 5.41) is 9.46. The molecule has 1 saturated carbocycles. The Balaban J connectivity index is 1.90. The zero-order valence-corrected chi connectivity index (χ0v) is 8.98. The van der Waals surface area contributed by atoms with Crippen molar-refractivity contribution in [2.45, 2.75) is 31.8 Å². The molecule has 0 saturated heterocycles. The molecule has 16 heavy (non-hydrogen) atoms. The van der Waals surface area contributed by atoms with E-state index in [0.717, 1.165) is 25.7 Å². The van der Waals surface area contributed by atoms with Crippen molar-refractivity contribution in [1.82, 2.24) is 5.48 Å². The Kier molecular flexibility index (Phi) is 3.41. The van der Waals surface area contributed by atoms with Crippen molar-refractivity contribution < 1.29 is 14.7 Å². The molecule has 0 radical (unpaired) electrons. The lowest BCUT2D eigenvalue weighted by molar-refractivity contribution is -0.0126. The van der Waals surface area contributed by atoms with E-state index in [4.69, 9.17) is 4.84 Å². The van der Waals surface area contributed by atoms with E-state index in [2.05, 4.69) is 5.48 Å². The van der Waals surface area contributed by atoms with E-state index in [1.807, 2.05) is 0 Å². The first kappa shape index (κ1) is 11.0. The van der Waals surface area contributed by atoms with Gasteiger partial charge in [0, 0.05) is 0 Å². The number of carbonyl (C=O) groups is 1. The summed E-state index contributed by atoms with van der Waals surface area (Å²) in [6.45, 7) is 0. The average molecular weight is 221 g/mol. The maximum Gasteiger partial charge on any atom is 0.278 e. The third-order valence-corrected chi connectivity index (χ3v) is 2.77. The van der Waals surface area contributed by atoms with Crippen LogP contribution in [-0.4, -0.2) is 17.1 Å². The Morgan fingerprint density at radius 2 is 2.00 bits per heavy atom. The third kappa shape index (κ3) is 2.52. The highest BCUT2D eigenvalue weighted by Crippen LogP contribution is 2.20. The predicted molar refractivity (Wildman–Crippen MR) is 58.9 cm³/mol. The molecular weight excluding hydrogens is 206 g/mol. The summed E-state index contributed by atoms with van der Waals surface area (Å²) in [4.78, 5) is 16.9. The van der Waals surface area contributed by atoms with Crippen LogP contribution in [0, 0.1) is 0 Å². The fourth-order valence-electron chi connectivity index (χ4n) is 1.86. The second-order valence-electron chi connectivity index (χ2n) is 3.97. The molecule has 4 heteroatoms. The topological polar surface area (TPSA) is 58.6 Å². The Morgan fingerprint density at radius 1 is 1.31 bits per heavy atom. The minimum absolute atomic E-state index is 0.0324. The summed E-state index contributed by atoms with van der Waals surface area (Å²) >= 11 is 0. The first-order chi connectivity index (χ1) is 7.77. The van der Waals surface area contributed by atoms with Crippen LogP contribution in [0.3, 0.4) is 0 Å². The predicted octanol–water partition coefficient (Wildman–Crippen LogP) is 2.00. The van der Waals surface area contributed by atoms with Crippen molar-refractivity contribution in [3.05, 3.63) is 29.8 Å². The molecule has 0 unspecified atom stereocenters. The molecule has 1 aliphatic carbocycles. The van der Waals surface area contributed by atoms with E-state index in [9.17, 15) is 9.90 Å². The Bertz CT molecular complexity index is 372. The molecule has 2 rings (SSSR count). The zero-order chi connectivity index (χ0) is 11.4. The van der Waals surface area contributed by atoms with Gasteiger partial charge in [-0.05, 0) is 25.0 Å². The van der Waals surface area contributed by atoms with Crippen LogP contribution in [-0.2, 0) is 4.84 Å². The van der Waals surface area contributed by atoms with Crippen LogP contribution in [0.15, 0.2) is 24.3 Å². The molecule has 0 spiro atoms. The average Bonchev–Trinajstić information content (AvgIpc) is 2.79. The molecule has 0 heterocycles. The Morgan fingerprint density at radius 3 is 2.69 bits per heavy atom. The van der Waals surface area contributed by atoms with E-state index in [1.54, 1.807) is 18.2 Å². The minimum atomic E-state index is -0.398. The molecule has 1 aromatic rings. The quantitative estimate of drug-likeness (QED) is 0.767. The lowest BCUT2D eigenvalue weighted by Gasteiger charge is -2.11. The van der Waals surface area contributed by atoms with Crippen LogP contribution >= 0.6 is 0 Å². The Hall–Kier alpha value is -1.55. The molecule has 1 amide bonds. The molecule has 0 aliphatic heterocycles. The van der Waals surface area contributed by atoms with Gasteiger partial charge in [0.15, 0.2) is 0 Å². The number of phenolic OH excluding ortho intramolecular Hbond substituents is 1. The number of aromatic hydroxyl groups is 1. The smallest absolute Gasteiger partial charge is 0.278 e. The van der Waals surface area contributed by atoms with Crippen molar-refractivity contribution in [1.29, 1.82) is 0 Å². The van der Waals surface area contributed by atoms with Crippen molar-refractivity contribution in [2.75, 3.05) is 0 Å². The fourth-order valence-corrected chi connectivity index (χ4v) is 1.86. The van der Waals surface area contributed by atoms with Gasteiger partial charge in [-0.1, -0.05) is 25.0 Å². The van der Waals surface area contributed by atoms with Gasteiger partial charge >= 0.3 is 0 Å². The van der Waals surface area contributed by atoms with Crippen LogP contribution in [0.4, 0.5) is 0 Å². The fraction of sp³-hybridized carbons (Fsp3) is 0.417. The summed E-state index contributed by atoms with van der Waals surface area (Å²) in [7, 11) is 0. The van der Waals surface area contributed by atoms with Gasteiger partial charge in [-0.2, -0.15) is 0 Å². The number of hydrogen-bond donors (Lipinski definition) is 2. The second kappa shape index (κ2) is 4.99. The van der Waals surface area contributed by atoms with E-state index in [1.165, 1.54) is 6.07 Å². The number of benzene rings is 1. The van der Waals surface area contributed by atoms with E-state index in [-0.39, 0.29) is 17.4 Å². The number of hydroxylamine groups is 1. The lowest BCUT2D eigenvalue weighted by Crippen LogP contribution is -2.28. The van der Waals surface area contributed by atoms with Crippen molar-refractivity contribution in [3.8, 4) is 5.75 Å². The third-order valence-electron chi connectivity index (χ3n) is 2.77. The standard InChI is InChI=1S/C12H15NO3/c14-11-8-4-3-7-10(11)12(15)13-16-9-5-1-2-6-9/h3-4,7-9,14H,1-2,5-6H2,(H,13,15). The molecule has 86 valence electrons. The van der Waals surface area contributed by atoms with Gasteiger partial charge in [0.05, 0.1) is 11.7 Å². The SMILES string of the molecule is O=C(NOC1CCCC1)c1ccccc1O. The van der Waals surface area contributed by atoms with Crippen molar-refractivity contribution >= 4 is 5.91 Å². The molecule has 1 fully saturated rings. The number of phenols is 1. The number of nitrogens with one attached hydrogen (secondary N) is 1. The second-order valence-corrected chi connectivity index (χ2v) is 3.97. The van der Waals surface area contributed by atoms with Crippen LogP contribution in [0.25, 0.3) is 0 Å². The van der Waals surface area contributed by atoms with Crippen LogP contribution < -0.4 is 5.48 Å². The first-order valence-electron chi connectivity index (χ1n) is 5.51. The maximum atomic E-state index is 11.6. The number of carbonyl (C=O) groups excluding carboxylic acids is 1. The van der Waals surface area contributed by atoms with E-state index < -0.39 is 5.91 Å².